The van der Waals surface area contributed by atoms with Crippen molar-refractivity contribution in [3.05, 3.63) is 29.8 Å². The summed E-state index contributed by atoms with van der Waals surface area (Å²) in [5.74, 6) is 0.140. The highest BCUT2D eigenvalue weighted by atomic mass is 16.5. The van der Waals surface area contributed by atoms with Crippen molar-refractivity contribution in [2.45, 2.75) is 44.1 Å². The van der Waals surface area contributed by atoms with Gasteiger partial charge in [-0.1, -0.05) is 12.1 Å². The Bertz CT molecular complexity index is 779. The number of piperidine rings is 2. The lowest BCUT2D eigenvalue weighted by atomic mass is 9.79. The monoisotopic (exact) mass is 401 g/mol. The van der Waals surface area contributed by atoms with Crippen molar-refractivity contribution in [2.75, 3.05) is 33.8 Å². The van der Waals surface area contributed by atoms with E-state index in [9.17, 15) is 14.8 Å². The summed E-state index contributed by atoms with van der Waals surface area (Å²) in [6, 6.07) is 7.53. The van der Waals surface area contributed by atoms with E-state index in [0.29, 0.717) is 19.5 Å². The molecule has 4 rings (SSSR count). The van der Waals surface area contributed by atoms with Crippen molar-refractivity contribution in [3.63, 3.8) is 0 Å². The van der Waals surface area contributed by atoms with Crippen LogP contribution in [-0.4, -0.2) is 66.7 Å². The summed E-state index contributed by atoms with van der Waals surface area (Å²) < 4.78 is 5.35. The highest BCUT2D eigenvalue weighted by Gasteiger charge is 2.55. The summed E-state index contributed by atoms with van der Waals surface area (Å²) in [4.78, 5) is 29.9. The molecule has 1 spiro atoms. The fourth-order valence-electron chi connectivity index (χ4n) is 5.33. The quantitative estimate of drug-likeness (QED) is 0.596. The molecule has 3 aliphatic rings. The first-order chi connectivity index (χ1) is 14.0. The summed E-state index contributed by atoms with van der Waals surface area (Å²) in [5.41, 5.74) is 3.13. The summed E-state index contributed by atoms with van der Waals surface area (Å²) in [6.07, 6.45) is 4.82. The molecule has 2 saturated heterocycles. The topological polar surface area (TPSA) is 82.1 Å². The van der Waals surface area contributed by atoms with E-state index in [-0.39, 0.29) is 17.2 Å². The number of rotatable bonds is 4. The van der Waals surface area contributed by atoms with Gasteiger partial charge < -0.3 is 9.64 Å². The summed E-state index contributed by atoms with van der Waals surface area (Å²) in [5, 5.41) is 9.26. The molecule has 3 atom stereocenters. The minimum atomic E-state index is -0.516. The molecule has 3 unspecified atom stereocenters. The highest BCUT2D eigenvalue weighted by Crippen LogP contribution is 2.54. The summed E-state index contributed by atoms with van der Waals surface area (Å²) >= 11 is 0. The van der Waals surface area contributed by atoms with E-state index in [0.717, 1.165) is 38.0 Å². The molecule has 7 heteroatoms. The molecule has 158 valence electrons. The van der Waals surface area contributed by atoms with Crippen LogP contribution in [0.15, 0.2) is 24.3 Å². The molecule has 2 aliphatic heterocycles. The average molecular weight is 402 g/mol. The second-order valence-corrected chi connectivity index (χ2v) is 9.05. The van der Waals surface area contributed by atoms with Crippen molar-refractivity contribution in [2.24, 2.45) is 11.3 Å². The average Bonchev–Trinajstić information content (AvgIpc) is 3.50. The van der Waals surface area contributed by atoms with E-state index in [1.807, 2.05) is 35.0 Å². The summed E-state index contributed by atoms with van der Waals surface area (Å²) in [6.45, 7) is 2.20. The number of hydroxylamine groups is 1. The van der Waals surface area contributed by atoms with Crippen molar-refractivity contribution < 1.29 is 19.5 Å². The van der Waals surface area contributed by atoms with E-state index < -0.39 is 17.9 Å². The standard InChI is InChI=1S/C22H31N3O4/c1-24-14-22(8-9-22)12-18(20(26)23-28)19(24)21(27)25-10-4-6-16(13-25)15-5-3-7-17(11-15)29-2/h3,5,7,11,16,18-19,28H,4,6,8-10,12-14H2,1-2H3,(H,23,26). The Kier molecular flexibility index (Phi) is 5.53. The van der Waals surface area contributed by atoms with Crippen LogP contribution >= 0.6 is 0 Å². The second kappa shape index (κ2) is 7.95. The molecule has 2 heterocycles. The van der Waals surface area contributed by atoms with Gasteiger partial charge in [0.15, 0.2) is 0 Å². The maximum absolute atomic E-state index is 13.5. The smallest absolute Gasteiger partial charge is 0.248 e. The first-order valence-electron chi connectivity index (χ1n) is 10.5. The predicted molar refractivity (Wildman–Crippen MR) is 108 cm³/mol. The third-order valence-corrected chi connectivity index (χ3v) is 7.05. The lowest BCUT2D eigenvalue weighted by molar-refractivity contribution is -0.151. The van der Waals surface area contributed by atoms with Gasteiger partial charge in [-0.3, -0.25) is 19.7 Å². The molecule has 7 nitrogen and oxygen atoms in total. The van der Waals surface area contributed by atoms with Crippen molar-refractivity contribution in [3.8, 4) is 5.75 Å². The van der Waals surface area contributed by atoms with Crippen LogP contribution in [0.4, 0.5) is 0 Å². The molecular formula is C22H31N3O4. The molecule has 29 heavy (non-hydrogen) atoms. The van der Waals surface area contributed by atoms with Crippen molar-refractivity contribution in [1.82, 2.24) is 15.3 Å². The van der Waals surface area contributed by atoms with Crippen LogP contribution in [-0.2, 0) is 9.59 Å². The van der Waals surface area contributed by atoms with E-state index in [1.54, 1.807) is 12.6 Å². The number of likely N-dealkylation sites (N-methyl/N-ethyl adjacent to an activating group) is 1. The van der Waals surface area contributed by atoms with Crippen molar-refractivity contribution >= 4 is 11.8 Å². The van der Waals surface area contributed by atoms with Crippen molar-refractivity contribution in [1.29, 1.82) is 0 Å². The summed E-state index contributed by atoms with van der Waals surface area (Å²) in [7, 11) is 3.59. The Hall–Kier alpha value is -2.12. The van der Waals surface area contributed by atoms with Gasteiger partial charge in [-0.25, -0.2) is 5.48 Å². The molecule has 3 fully saturated rings. The largest absolute Gasteiger partial charge is 0.497 e. The van der Waals surface area contributed by atoms with E-state index in [2.05, 4.69) is 6.07 Å². The first kappa shape index (κ1) is 20.2. The molecule has 1 aromatic rings. The number of nitrogens with one attached hydrogen (secondary N) is 1. The fraction of sp³-hybridized carbons (Fsp3) is 0.636. The molecule has 0 radical (unpaired) electrons. The van der Waals surface area contributed by atoms with Crippen LogP contribution in [0.3, 0.4) is 0 Å². The fourth-order valence-corrected chi connectivity index (χ4v) is 5.33. The zero-order valence-corrected chi connectivity index (χ0v) is 17.3. The van der Waals surface area contributed by atoms with Crippen LogP contribution < -0.4 is 10.2 Å². The SMILES string of the molecule is COc1cccc(C2CCCN(C(=O)C3C(C(=O)NO)CC4(CC4)CN3C)C2)c1. The minimum Gasteiger partial charge on any atom is -0.497 e. The van der Waals surface area contributed by atoms with E-state index in [4.69, 9.17) is 4.74 Å². The normalized spacial score (nSPS) is 28.8. The lowest BCUT2D eigenvalue weighted by Crippen LogP contribution is -2.60. The van der Waals surface area contributed by atoms with Gasteiger partial charge in [-0.15, -0.1) is 0 Å². The van der Waals surface area contributed by atoms with Gasteiger partial charge in [-0.2, -0.15) is 0 Å². The molecule has 0 aromatic heterocycles. The number of methoxy groups -OCH3 is 1. The molecule has 1 aliphatic carbocycles. The molecule has 1 saturated carbocycles. The molecular weight excluding hydrogens is 370 g/mol. The number of hydrogen-bond donors (Lipinski definition) is 2. The lowest BCUT2D eigenvalue weighted by Gasteiger charge is -2.44. The Morgan fingerprint density at radius 2 is 2.10 bits per heavy atom. The molecule has 2 amide bonds. The second-order valence-electron chi connectivity index (χ2n) is 9.05. The maximum Gasteiger partial charge on any atom is 0.248 e. The first-order valence-corrected chi connectivity index (χ1v) is 10.5. The number of ether oxygens (including phenoxy) is 1. The van der Waals surface area contributed by atoms with Gasteiger partial charge in [0.05, 0.1) is 13.0 Å². The Balaban J connectivity index is 1.51. The number of hydrogen-bond acceptors (Lipinski definition) is 5. The highest BCUT2D eigenvalue weighted by molar-refractivity contribution is 5.90. The van der Waals surface area contributed by atoms with Gasteiger partial charge in [0.1, 0.15) is 11.8 Å². The van der Waals surface area contributed by atoms with Crippen LogP contribution in [0, 0.1) is 11.3 Å². The number of amides is 2. The Morgan fingerprint density at radius 3 is 2.79 bits per heavy atom. The van der Waals surface area contributed by atoms with Crippen LogP contribution in [0.1, 0.15) is 43.6 Å². The van der Waals surface area contributed by atoms with E-state index in [1.165, 1.54) is 5.56 Å². The number of carbonyl (C=O) groups is 2. The third kappa shape index (κ3) is 3.98. The maximum atomic E-state index is 13.5. The van der Waals surface area contributed by atoms with Gasteiger partial charge in [0, 0.05) is 25.6 Å². The Labute approximate surface area is 172 Å². The van der Waals surface area contributed by atoms with E-state index >= 15 is 0 Å². The number of likely N-dealkylation sites (tertiary alicyclic amines) is 2. The minimum absolute atomic E-state index is 0.00389. The number of nitrogens with zero attached hydrogens (tertiary/aromatic N) is 2. The molecule has 1 aromatic carbocycles. The van der Waals surface area contributed by atoms with Crippen LogP contribution in [0.25, 0.3) is 0 Å². The van der Waals surface area contributed by atoms with Gasteiger partial charge in [0.25, 0.3) is 0 Å². The number of benzene rings is 1. The predicted octanol–water partition coefficient (Wildman–Crippen LogP) is 2.01. The molecule has 2 N–H and O–H groups in total. The van der Waals surface area contributed by atoms with Gasteiger partial charge in [-0.05, 0) is 62.3 Å². The Morgan fingerprint density at radius 1 is 1.31 bits per heavy atom. The zero-order chi connectivity index (χ0) is 20.6. The van der Waals surface area contributed by atoms with Crippen LogP contribution in [0.2, 0.25) is 0 Å². The van der Waals surface area contributed by atoms with Gasteiger partial charge in [0.2, 0.25) is 11.8 Å². The van der Waals surface area contributed by atoms with Gasteiger partial charge >= 0.3 is 0 Å². The number of carbonyl (C=O) groups excluding carboxylic acids is 2. The molecule has 0 bridgehead atoms. The third-order valence-electron chi connectivity index (χ3n) is 7.05. The van der Waals surface area contributed by atoms with Crippen LogP contribution in [0.5, 0.6) is 5.75 Å². The zero-order valence-electron chi connectivity index (χ0n) is 17.3.